The monoisotopic (exact) mass is 304 g/mol. The highest BCUT2D eigenvalue weighted by molar-refractivity contribution is 5.44. The van der Waals surface area contributed by atoms with Crippen LogP contribution in [0.4, 0.5) is 0 Å². The highest BCUT2D eigenvalue weighted by Crippen LogP contribution is 3.02. The highest BCUT2D eigenvalue weighted by Gasteiger charge is 2.97. The Morgan fingerprint density at radius 2 is 0.773 bits per heavy atom. The van der Waals surface area contributed by atoms with Crippen molar-refractivity contribution in [2.24, 2.45) is 43.3 Å². The molecule has 0 radical (unpaired) electrons. The SMILES string of the molecule is CC1(C)CCC2(C)C(C)(C1(C)C)C1(C)C(C)(C)C(C)(C)C21C. The smallest absolute Gasteiger partial charge is 0.0140 e. The molecule has 0 spiro atoms. The lowest BCUT2D eigenvalue weighted by molar-refractivity contribution is -0.535. The third kappa shape index (κ3) is 0.932. The molecule has 3 aliphatic rings. The molecule has 0 aromatic heterocycles. The van der Waals surface area contributed by atoms with E-state index in [4.69, 9.17) is 0 Å². The van der Waals surface area contributed by atoms with Crippen LogP contribution in [0.2, 0.25) is 0 Å². The van der Waals surface area contributed by atoms with Crippen molar-refractivity contribution < 1.29 is 0 Å². The first kappa shape index (κ1) is 16.8. The van der Waals surface area contributed by atoms with Gasteiger partial charge in [-0.25, -0.2) is 0 Å². The summed E-state index contributed by atoms with van der Waals surface area (Å²) in [5, 5.41) is 0. The molecule has 3 aliphatic carbocycles. The second kappa shape index (κ2) is 3.36. The fourth-order valence-electron chi connectivity index (χ4n) is 9.16. The molecule has 22 heavy (non-hydrogen) atoms. The van der Waals surface area contributed by atoms with Gasteiger partial charge in [0.15, 0.2) is 0 Å². The molecule has 0 amide bonds. The zero-order valence-electron chi connectivity index (χ0n) is 17.4. The van der Waals surface area contributed by atoms with Crippen LogP contribution in [-0.2, 0) is 0 Å². The molecule has 0 aromatic carbocycles. The van der Waals surface area contributed by atoms with Crippen molar-refractivity contribution in [3.05, 3.63) is 0 Å². The molecule has 4 unspecified atom stereocenters. The molecule has 4 atom stereocenters. The van der Waals surface area contributed by atoms with E-state index in [1.807, 2.05) is 0 Å². The molecule has 0 saturated heterocycles. The Labute approximate surface area is 139 Å². The van der Waals surface area contributed by atoms with E-state index < -0.39 is 0 Å². The van der Waals surface area contributed by atoms with Crippen molar-refractivity contribution in [1.82, 2.24) is 0 Å². The molecule has 3 fully saturated rings. The minimum Gasteiger partial charge on any atom is -0.0594 e. The second-order valence-corrected chi connectivity index (χ2v) is 12.0. The number of hydrogen-bond acceptors (Lipinski definition) is 0. The van der Waals surface area contributed by atoms with Gasteiger partial charge in [0.25, 0.3) is 0 Å². The van der Waals surface area contributed by atoms with Crippen molar-refractivity contribution >= 4 is 0 Å². The minimum atomic E-state index is 0.356. The molecule has 0 heterocycles. The van der Waals surface area contributed by atoms with Gasteiger partial charge in [0, 0.05) is 0 Å². The van der Waals surface area contributed by atoms with E-state index in [1.54, 1.807) is 0 Å². The standard InChI is InChI=1S/C22H40/c1-15(2)13-14-19(9)20(10,16(15,3)4)22(12)18(7,8)17(5,6)21(19,22)11/h13-14H2,1-12H3. The first-order valence-corrected chi connectivity index (χ1v) is 9.46. The molecular weight excluding hydrogens is 264 g/mol. The van der Waals surface area contributed by atoms with Gasteiger partial charge in [0.1, 0.15) is 0 Å². The lowest BCUT2D eigenvalue weighted by Gasteiger charge is -3.00. The summed E-state index contributed by atoms with van der Waals surface area (Å²) >= 11 is 0. The van der Waals surface area contributed by atoms with Crippen LogP contribution >= 0.6 is 0 Å². The number of rotatable bonds is 0. The van der Waals surface area contributed by atoms with Gasteiger partial charge in [-0.1, -0.05) is 83.1 Å². The van der Waals surface area contributed by atoms with Crippen molar-refractivity contribution in [2.45, 2.75) is 95.9 Å². The summed E-state index contributed by atoms with van der Waals surface area (Å²) in [4.78, 5) is 0. The second-order valence-electron chi connectivity index (χ2n) is 12.0. The van der Waals surface area contributed by atoms with E-state index in [9.17, 15) is 0 Å². The number of fused-ring (bicyclic) bond motifs is 4. The van der Waals surface area contributed by atoms with E-state index >= 15 is 0 Å². The van der Waals surface area contributed by atoms with Gasteiger partial charge in [0.2, 0.25) is 0 Å². The Kier molecular flexibility index (Phi) is 2.57. The predicted molar refractivity (Wildman–Crippen MR) is 96.8 cm³/mol. The van der Waals surface area contributed by atoms with Crippen molar-refractivity contribution in [1.29, 1.82) is 0 Å². The van der Waals surface area contributed by atoms with Gasteiger partial charge in [0.05, 0.1) is 0 Å². The first-order chi connectivity index (χ1) is 9.46. The summed E-state index contributed by atoms with van der Waals surface area (Å²) in [5.41, 5.74) is 3.26. The maximum atomic E-state index is 2.66. The highest BCUT2D eigenvalue weighted by atomic mass is 15.0. The van der Waals surface area contributed by atoms with E-state index in [0.29, 0.717) is 43.3 Å². The Morgan fingerprint density at radius 3 is 1.23 bits per heavy atom. The fraction of sp³-hybridized carbons (Fsp3) is 1.00. The lowest BCUT2D eigenvalue weighted by Crippen LogP contribution is -2.96. The zero-order chi connectivity index (χ0) is 17.4. The Balaban J connectivity index is 2.31. The number of hydrogen-bond donors (Lipinski definition) is 0. The Bertz CT molecular complexity index is 548. The summed E-state index contributed by atoms with van der Waals surface area (Å²) in [5.74, 6) is 0. The van der Waals surface area contributed by atoms with Gasteiger partial charge in [-0.05, 0) is 56.2 Å². The van der Waals surface area contributed by atoms with Crippen LogP contribution in [-0.4, -0.2) is 0 Å². The van der Waals surface area contributed by atoms with E-state index in [2.05, 4.69) is 83.1 Å². The molecule has 0 aliphatic heterocycles. The minimum absolute atomic E-state index is 0.356. The fourth-order valence-corrected chi connectivity index (χ4v) is 9.16. The molecule has 0 N–H and O–H groups in total. The van der Waals surface area contributed by atoms with Gasteiger partial charge in [-0.2, -0.15) is 0 Å². The molecule has 0 bridgehead atoms. The van der Waals surface area contributed by atoms with Gasteiger partial charge in [-0.3, -0.25) is 0 Å². The van der Waals surface area contributed by atoms with Crippen LogP contribution in [0, 0.1) is 43.3 Å². The van der Waals surface area contributed by atoms with Gasteiger partial charge < -0.3 is 0 Å². The summed E-state index contributed by atoms with van der Waals surface area (Å²) in [7, 11) is 0. The van der Waals surface area contributed by atoms with Crippen LogP contribution in [0.25, 0.3) is 0 Å². The summed E-state index contributed by atoms with van der Waals surface area (Å²) < 4.78 is 0. The van der Waals surface area contributed by atoms with Crippen LogP contribution in [0.15, 0.2) is 0 Å². The Morgan fingerprint density at radius 1 is 0.409 bits per heavy atom. The quantitative estimate of drug-likeness (QED) is 0.455. The maximum Gasteiger partial charge on any atom is -0.0140 e. The lowest BCUT2D eigenvalue weighted by atomic mass is 9.03. The normalized spacial score (nSPS) is 56.2. The van der Waals surface area contributed by atoms with Crippen LogP contribution in [0.5, 0.6) is 0 Å². The third-order valence-electron chi connectivity index (χ3n) is 12.5. The summed E-state index contributed by atoms with van der Waals surface area (Å²) in [6, 6.07) is 0. The largest absolute Gasteiger partial charge is 0.0594 e. The molecule has 0 heteroatoms. The Hall–Kier alpha value is 0. The first-order valence-electron chi connectivity index (χ1n) is 9.46. The zero-order valence-corrected chi connectivity index (χ0v) is 17.4. The van der Waals surface area contributed by atoms with Crippen LogP contribution in [0.3, 0.4) is 0 Å². The maximum absolute atomic E-state index is 2.66. The average molecular weight is 305 g/mol. The molecule has 128 valence electrons. The molecular formula is C22H40. The van der Waals surface area contributed by atoms with Gasteiger partial charge in [-0.15, -0.1) is 0 Å². The van der Waals surface area contributed by atoms with Crippen LogP contribution < -0.4 is 0 Å². The topological polar surface area (TPSA) is 0 Å². The van der Waals surface area contributed by atoms with Crippen molar-refractivity contribution in [2.75, 3.05) is 0 Å². The van der Waals surface area contributed by atoms with Gasteiger partial charge >= 0.3 is 0 Å². The molecule has 3 saturated carbocycles. The summed E-state index contributed by atoms with van der Waals surface area (Å²) in [6.45, 7) is 31.0. The molecule has 0 aromatic rings. The molecule has 3 rings (SSSR count). The van der Waals surface area contributed by atoms with Crippen molar-refractivity contribution in [3.8, 4) is 0 Å². The van der Waals surface area contributed by atoms with Crippen molar-refractivity contribution in [3.63, 3.8) is 0 Å². The van der Waals surface area contributed by atoms with Crippen LogP contribution in [0.1, 0.15) is 95.9 Å². The van der Waals surface area contributed by atoms with E-state index in [-0.39, 0.29) is 0 Å². The average Bonchev–Trinajstić information content (AvgIpc) is 2.38. The van der Waals surface area contributed by atoms with E-state index in [1.165, 1.54) is 12.8 Å². The summed E-state index contributed by atoms with van der Waals surface area (Å²) in [6.07, 6.45) is 2.76. The van der Waals surface area contributed by atoms with E-state index in [0.717, 1.165) is 0 Å². The molecule has 0 nitrogen and oxygen atoms in total. The predicted octanol–water partition coefficient (Wildman–Crippen LogP) is 6.94. The third-order valence-corrected chi connectivity index (χ3v) is 12.5.